The number of hydrogen-bond acceptors (Lipinski definition) is 2. The molecule has 0 aliphatic rings. The van der Waals surface area contributed by atoms with Crippen LogP contribution in [0.25, 0.3) is 0 Å². The van der Waals surface area contributed by atoms with Crippen molar-refractivity contribution in [3.63, 3.8) is 0 Å². The van der Waals surface area contributed by atoms with Gasteiger partial charge in [-0.05, 0) is 46.9 Å². The van der Waals surface area contributed by atoms with Crippen molar-refractivity contribution >= 4 is 84.1 Å². The minimum absolute atomic E-state index is 0. The van der Waals surface area contributed by atoms with E-state index in [0.29, 0.717) is 0 Å². The van der Waals surface area contributed by atoms with Crippen molar-refractivity contribution in [2.24, 2.45) is 0 Å². The maximum Gasteiger partial charge on any atom is 0.294 e. The summed E-state index contributed by atoms with van der Waals surface area (Å²) in [5.74, 6) is 0. The van der Waals surface area contributed by atoms with Gasteiger partial charge in [0.1, 0.15) is 0 Å². The molecule has 0 saturated heterocycles. The summed E-state index contributed by atoms with van der Waals surface area (Å²) in [6, 6.07) is 5.95. The molecular weight excluding hydrogens is 318 g/mol. The molecule has 0 aromatic heterocycles. The van der Waals surface area contributed by atoms with Crippen molar-refractivity contribution in [2.45, 2.75) is 4.90 Å². The summed E-state index contributed by atoms with van der Waals surface area (Å²) in [5, 5.41) is 0. The van der Waals surface area contributed by atoms with Crippen LogP contribution in [0.15, 0.2) is 29.2 Å². The fourth-order valence-electron chi connectivity index (χ4n) is 0.607. The molecule has 1 radical (unpaired) electrons. The van der Waals surface area contributed by atoms with Crippen LogP contribution in [0.2, 0.25) is 0 Å². The summed E-state index contributed by atoms with van der Waals surface area (Å²) in [6.45, 7) is 0. The van der Waals surface area contributed by atoms with Crippen LogP contribution in [-0.2, 0) is 10.1 Å². The molecule has 1 rings (SSSR count). The van der Waals surface area contributed by atoms with Gasteiger partial charge in [0.15, 0.2) is 0 Å². The first kappa shape index (κ1) is 13.5. The Balaban J connectivity index is 0.00000121. The van der Waals surface area contributed by atoms with Crippen LogP contribution >= 0.6 is 22.6 Å². The summed E-state index contributed by atoms with van der Waals surface area (Å²) in [5.41, 5.74) is 0. The summed E-state index contributed by atoms with van der Waals surface area (Å²) in [6.07, 6.45) is 0. The third-order valence-corrected chi connectivity index (χ3v) is 2.70. The molecule has 6 heteroatoms. The van der Waals surface area contributed by atoms with Crippen LogP contribution in [0.5, 0.6) is 0 Å². The number of benzene rings is 1. The second kappa shape index (κ2) is 5.40. The molecule has 12 heavy (non-hydrogen) atoms. The van der Waals surface area contributed by atoms with Gasteiger partial charge in [-0.3, -0.25) is 4.55 Å². The zero-order chi connectivity index (χ0) is 8.48. The van der Waals surface area contributed by atoms with Crippen molar-refractivity contribution in [1.82, 2.24) is 0 Å². The zero-order valence-electron chi connectivity index (χ0n) is 6.36. The first-order valence-corrected chi connectivity index (χ1v) is 5.25. The van der Waals surface area contributed by atoms with E-state index in [4.69, 9.17) is 4.55 Å². The molecule has 0 spiro atoms. The molecular formula is C6H5IKO3S. The van der Waals surface area contributed by atoms with E-state index in [2.05, 4.69) is 0 Å². The van der Waals surface area contributed by atoms with Crippen molar-refractivity contribution in [3.05, 3.63) is 27.8 Å². The minimum atomic E-state index is -4.02. The van der Waals surface area contributed by atoms with Crippen molar-refractivity contribution in [3.8, 4) is 0 Å². The fraction of sp³-hybridized carbons (Fsp3) is 0. The van der Waals surface area contributed by atoms with Crippen molar-refractivity contribution < 1.29 is 13.0 Å². The molecule has 0 saturated carbocycles. The van der Waals surface area contributed by atoms with E-state index < -0.39 is 10.1 Å². The summed E-state index contributed by atoms with van der Waals surface area (Å²) >= 11 is 2.05. The Morgan fingerprint density at radius 1 is 1.17 bits per heavy atom. The maximum atomic E-state index is 10.5. The summed E-state index contributed by atoms with van der Waals surface area (Å²) < 4.78 is 30.5. The standard InChI is InChI=1S/C6H5IO3S.K/c7-5-1-3-6(4-2-5)11(8,9)10;/h1-4H,(H,8,9,10);. The average molecular weight is 323 g/mol. The SMILES string of the molecule is O=S(=O)(O)c1ccc(I)cc1.[K]. The largest absolute Gasteiger partial charge is 0.294 e. The van der Waals surface area contributed by atoms with Gasteiger partial charge in [-0.25, -0.2) is 0 Å². The Kier molecular flexibility index (Phi) is 6.07. The Morgan fingerprint density at radius 2 is 1.58 bits per heavy atom. The zero-order valence-corrected chi connectivity index (χ0v) is 12.5. The summed E-state index contributed by atoms with van der Waals surface area (Å²) in [4.78, 5) is -0.0714. The van der Waals surface area contributed by atoms with Crippen molar-refractivity contribution in [1.29, 1.82) is 0 Å². The second-order valence-electron chi connectivity index (χ2n) is 1.93. The molecule has 0 fully saturated rings. The second-order valence-corrected chi connectivity index (χ2v) is 4.60. The molecule has 0 amide bonds. The van der Waals surface area contributed by atoms with Gasteiger partial charge in [-0.15, -0.1) is 0 Å². The molecule has 0 aliphatic heterocycles. The molecule has 0 unspecified atom stereocenters. The van der Waals surface area contributed by atoms with Crippen LogP contribution in [0.4, 0.5) is 0 Å². The first-order valence-electron chi connectivity index (χ1n) is 2.73. The smallest absolute Gasteiger partial charge is 0.282 e. The quantitative estimate of drug-likeness (QED) is 0.479. The van der Waals surface area contributed by atoms with Crippen LogP contribution in [-0.4, -0.2) is 64.4 Å². The fourth-order valence-corrected chi connectivity index (χ4v) is 1.45. The van der Waals surface area contributed by atoms with Crippen LogP contribution in [0.3, 0.4) is 0 Å². The van der Waals surface area contributed by atoms with Crippen LogP contribution in [0, 0.1) is 3.57 Å². The maximum absolute atomic E-state index is 10.5. The molecule has 0 atom stereocenters. The Morgan fingerprint density at radius 3 is 1.92 bits per heavy atom. The van der Waals surface area contributed by atoms with E-state index in [1.54, 1.807) is 12.1 Å². The van der Waals surface area contributed by atoms with Gasteiger partial charge in [-0.1, -0.05) is 0 Å². The van der Waals surface area contributed by atoms with Crippen LogP contribution in [0.1, 0.15) is 0 Å². The molecule has 0 heterocycles. The Bertz CT molecular complexity index is 346. The van der Waals surface area contributed by atoms with Gasteiger partial charge < -0.3 is 0 Å². The topological polar surface area (TPSA) is 54.4 Å². The third kappa shape index (κ3) is 4.14. The van der Waals surface area contributed by atoms with Gasteiger partial charge in [0.2, 0.25) is 0 Å². The normalized spacial score (nSPS) is 10.5. The Hall–Kier alpha value is 1.50. The third-order valence-electron chi connectivity index (χ3n) is 1.11. The van der Waals surface area contributed by atoms with Gasteiger partial charge in [0.05, 0.1) is 4.90 Å². The number of hydrogen-bond donors (Lipinski definition) is 1. The number of rotatable bonds is 1. The minimum Gasteiger partial charge on any atom is -0.282 e. The molecule has 1 aromatic rings. The average Bonchev–Trinajstić information content (AvgIpc) is 1.86. The molecule has 61 valence electrons. The molecule has 3 nitrogen and oxygen atoms in total. The molecule has 1 aromatic carbocycles. The monoisotopic (exact) mass is 323 g/mol. The van der Waals surface area contributed by atoms with E-state index in [-0.39, 0.29) is 56.3 Å². The van der Waals surface area contributed by atoms with Gasteiger partial charge in [0.25, 0.3) is 10.1 Å². The molecule has 0 bridgehead atoms. The van der Waals surface area contributed by atoms with E-state index in [1.807, 2.05) is 22.6 Å². The molecule has 1 N–H and O–H groups in total. The predicted molar refractivity (Wildman–Crippen MR) is 54.7 cm³/mol. The molecule has 0 aliphatic carbocycles. The van der Waals surface area contributed by atoms with Gasteiger partial charge in [-0.2, -0.15) is 8.42 Å². The van der Waals surface area contributed by atoms with Gasteiger partial charge in [0, 0.05) is 55.0 Å². The number of halogens is 1. The van der Waals surface area contributed by atoms with Crippen LogP contribution < -0.4 is 0 Å². The van der Waals surface area contributed by atoms with E-state index in [1.165, 1.54) is 12.1 Å². The van der Waals surface area contributed by atoms with Gasteiger partial charge >= 0.3 is 0 Å². The van der Waals surface area contributed by atoms with E-state index >= 15 is 0 Å². The Labute approximate surface area is 127 Å². The summed E-state index contributed by atoms with van der Waals surface area (Å²) in [7, 11) is -4.02. The van der Waals surface area contributed by atoms with E-state index in [9.17, 15) is 8.42 Å². The predicted octanol–water partition coefficient (Wildman–Crippen LogP) is 1.16. The first-order chi connectivity index (χ1) is 5.00. The van der Waals surface area contributed by atoms with Crippen molar-refractivity contribution in [2.75, 3.05) is 0 Å². The van der Waals surface area contributed by atoms with E-state index in [0.717, 1.165) is 3.57 Å².